The van der Waals surface area contributed by atoms with Gasteiger partial charge in [-0.3, -0.25) is 4.90 Å². The SMILES string of the molecule is CC/C=C\C/C=C\C/C=C\CCCCCCCCC(CCCCCCCC/C=C\CCCCCCCC)OC(CCC)N(C)C. The van der Waals surface area contributed by atoms with Crippen LogP contribution in [0.1, 0.15) is 201 Å². The first-order valence-corrected chi connectivity index (χ1v) is 20.1. The summed E-state index contributed by atoms with van der Waals surface area (Å²) in [5, 5.41) is 0. The van der Waals surface area contributed by atoms with Gasteiger partial charge in [0.1, 0.15) is 6.23 Å². The zero-order chi connectivity index (χ0) is 32.9. The van der Waals surface area contributed by atoms with Crippen LogP contribution in [0.15, 0.2) is 48.6 Å². The van der Waals surface area contributed by atoms with Gasteiger partial charge in [-0.2, -0.15) is 0 Å². The van der Waals surface area contributed by atoms with Crippen LogP contribution in [0.4, 0.5) is 0 Å². The molecule has 0 aliphatic heterocycles. The molecule has 0 rings (SSSR count). The lowest BCUT2D eigenvalue weighted by Crippen LogP contribution is -2.34. The van der Waals surface area contributed by atoms with Crippen molar-refractivity contribution in [2.75, 3.05) is 14.1 Å². The number of rotatable bonds is 35. The Kier molecular flexibility index (Phi) is 36.4. The predicted molar refractivity (Wildman–Crippen MR) is 205 cm³/mol. The van der Waals surface area contributed by atoms with E-state index >= 15 is 0 Å². The third-order valence-corrected chi connectivity index (χ3v) is 8.93. The van der Waals surface area contributed by atoms with Gasteiger partial charge in [-0.05, 0) is 91.1 Å². The molecule has 45 heavy (non-hydrogen) atoms. The maximum atomic E-state index is 6.70. The summed E-state index contributed by atoms with van der Waals surface area (Å²) in [6, 6.07) is 0. The first-order valence-electron chi connectivity index (χ1n) is 20.1. The minimum absolute atomic E-state index is 0.274. The second-order valence-corrected chi connectivity index (χ2v) is 13.7. The van der Waals surface area contributed by atoms with Crippen LogP contribution in [-0.2, 0) is 4.74 Å². The van der Waals surface area contributed by atoms with E-state index in [0.29, 0.717) is 6.10 Å². The Morgan fingerprint density at radius 2 is 0.822 bits per heavy atom. The Bertz CT molecular complexity index is 675. The molecule has 264 valence electrons. The van der Waals surface area contributed by atoms with Gasteiger partial charge in [-0.25, -0.2) is 0 Å². The van der Waals surface area contributed by atoms with E-state index in [9.17, 15) is 0 Å². The Morgan fingerprint density at radius 1 is 0.422 bits per heavy atom. The molecular formula is C43H81NO. The van der Waals surface area contributed by atoms with Crippen LogP contribution in [0, 0.1) is 0 Å². The van der Waals surface area contributed by atoms with Crippen molar-refractivity contribution in [3.05, 3.63) is 48.6 Å². The van der Waals surface area contributed by atoms with Crippen LogP contribution in [-0.4, -0.2) is 31.3 Å². The van der Waals surface area contributed by atoms with Gasteiger partial charge in [-0.15, -0.1) is 0 Å². The van der Waals surface area contributed by atoms with Crippen LogP contribution in [0.2, 0.25) is 0 Å². The van der Waals surface area contributed by atoms with Crippen molar-refractivity contribution in [2.45, 2.75) is 213 Å². The fourth-order valence-electron chi connectivity index (χ4n) is 5.98. The Hall–Kier alpha value is -1.12. The van der Waals surface area contributed by atoms with Gasteiger partial charge in [0, 0.05) is 0 Å². The summed E-state index contributed by atoms with van der Waals surface area (Å²) < 4.78 is 6.70. The van der Waals surface area contributed by atoms with Gasteiger partial charge in [0.25, 0.3) is 0 Å². The molecule has 2 atom stereocenters. The molecule has 0 saturated heterocycles. The average Bonchev–Trinajstić information content (AvgIpc) is 3.03. The maximum Gasteiger partial charge on any atom is 0.110 e. The molecule has 2 heteroatoms. The Labute approximate surface area is 284 Å². The molecule has 0 amide bonds. The van der Waals surface area contributed by atoms with Crippen molar-refractivity contribution in [3.63, 3.8) is 0 Å². The highest BCUT2D eigenvalue weighted by Crippen LogP contribution is 2.20. The molecule has 0 spiro atoms. The van der Waals surface area contributed by atoms with Crippen molar-refractivity contribution in [1.29, 1.82) is 0 Å². The van der Waals surface area contributed by atoms with Crippen LogP contribution >= 0.6 is 0 Å². The third-order valence-electron chi connectivity index (χ3n) is 8.93. The number of unbranched alkanes of at least 4 members (excludes halogenated alkanes) is 18. The highest BCUT2D eigenvalue weighted by atomic mass is 16.5. The molecule has 0 aliphatic carbocycles. The molecule has 0 aromatic heterocycles. The molecule has 0 aliphatic rings. The summed E-state index contributed by atoms with van der Waals surface area (Å²) in [6.45, 7) is 6.76. The minimum Gasteiger partial charge on any atom is -0.360 e. The van der Waals surface area contributed by atoms with Gasteiger partial charge in [0.15, 0.2) is 0 Å². The monoisotopic (exact) mass is 628 g/mol. The number of nitrogens with zero attached hydrogens (tertiary/aromatic N) is 1. The standard InChI is InChI=1S/C43H81NO/c1-6-9-11-13-15-17-19-21-23-25-27-29-31-33-35-37-40-42(45-43(39-8-3)44(4)5)41-38-36-34-32-30-28-26-24-22-20-18-16-14-12-10-7-2/h9,11,15,17,21-24,42-43H,6-8,10,12-14,16,18-20,25-41H2,1-5H3/b11-9-,17-15-,23-21-,24-22-. The largest absolute Gasteiger partial charge is 0.360 e. The number of hydrogen-bond acceptors (Lipinski definition) is 2. The van der Waals surface area contributed by atoms with Crippen LogP contribution in [0.25, 0.3) is 0 Å². The molecular weight excluding hydrogens is 546 g/mol. The molecule has 0 N–H and O–H groups in total. The van der Waals surface area contributed by atoms with E-state index in [0.717, 1.165) is 25.7 Å². The van der Waals surface area contributed by atoms with Crippen molar-refractivity contribution >= 4 is 0 Å². The van der Waals surface area contributed by atoms with E-state index in [4.69, 9.17) is 4.74 Å². The first kappa shape index (κ1) is 43.9. The zero-order valence-electron chi connectivity index (χ0n) is 31.4. The third kappa shape index (κ3) is 34.0. The molecule has 0 bridgehead atoms. The lowest BCUT2D eigenvalue weighted by Gasteiger charge is -2.29. The van der Waals surface area contributed by atoms with Crippen molar-refractivity contribution in [2.24, 2.45) is 0 Å². The van der Waals surface area contributed by atoms with Crippen molar-refractivity contribution in [1.82, 2.24) is 4.90 Å². The summed E-state index contributed by atoms with van der Waals surface area (Å²) in [6.07, 6.45) is 56.1. The van der Waals surface area contributed by atoms with Gasteiger partial charge in [-0.1, -0.05) is 172 Å². The summed E-state index contributed by atoms with van der Waals surface area (Å²) in [4.78, 5) is 2.29. The maximum absolute atomic E-state index is 6.70. The molecule has 2 nitrogen and oxygen atoms in total. The Morgan fingerprint density at radius 3 is 1.27 bits per heavy atom. The molecule has 0 saturated carbocycles. The zero-order valence-corrected chi connectivity index (χ0v) is 31.4. The van der Waals surface area contributed by atoms with Crippen molar-refractivity contribution < 1.29 is 4.74 Å². The summed E-state index contributed by atoms with van der Waals surface area (Å²) in [7, 11) is 4.36. The summed E-state index contributed by atoms with van der Waals surface area (Å²) >= 11 is 0. The quantitative estimate of drug-likeness (QED) is 0.0394. The van der Waals surface area contributed by atoms with E-state index < -0.39 is 0 Å². The fourth-order valence-corrected chi connectivity index (χ4v) is 5.98. The highest BCUT2D eigenvalue weighted by Gasteiger charge is 2.17. The second kappa shape index (κ2) is 37.3. The topological polar surface area (TPSA) is 12.5 Å². The number of allylic oxidation sites excluding steroid dienone is 8. The average molecular weight is 628 g/mol. The van der Waals surface area contributed by atoms with E-state index in [1.165, 1.54) is 154 Å². The van der Waals surface area contributed by atoms with E-state index in [2.05, 4.69) is 88.4 Å². The van der Waals surface area contributed by atoms with Crippen LogP contribution < -0.4 is 0 Å². The molecule has 2 unspecified atom stereocenters. The summed E-state index contributed by atoms with van der Waals surface area (Å²) in [5.74, 6) is 0. The lowest BCUT2D eigenvalue weighted by atomic mass is 10.0. The van der Waals surface area contributed by atoms with Crippen LogP contribution in [0.5, 0.6) is 0 Å². The minimum atomic E-state index is 0.274. The number of ether oxygens (including phenoxy) is 1. The van der Waals surface area contributed by atoms with Crippen LogP contribution in [0.3, 0.4) is 0 Å². The second-order valence-electron chi connectivity index (χ2n) is 13.7. The van der Waals surface area contributed by atoms with Gasteiger partial charge < -0.3 is 4.74 Å². The smallest absolute Gasteiger partial charge is 0.110 e. The Balaban J connectivity index is 3.99. The number of hydrogen-bond donors (Lipinski definition) is 0. The molecule has 0 radical (unpaired) electrons. The van der Waals surface area contributed by atoms with Gasteiger partial charge >= 0.3 is 0 Å². The van der Waals surface area contributed by atoms with E-state index in [-0.39, 0.29) is 6.23 Å². The van der Waals surface area contributed by atoms with Crippen molar-refractivity contribution in [3.8, 4) is 0 Å². The predicted octanol–water partition coefficient (Wildman–Crippen LogP) is 14.5. The molecule has 0 aromatic carbocycles. The summed E-state index contributed by atoms with van der Waals surface area (Å²) in [5.41, 5.74) is 0. The van der Waals surface area contributed by atoms with E-state index in [1.54, 1.807) is 0 Å². The molecule has 0 fully saturated rings. The normalized spacial score (nSPS) is 13.9. The first-order chi connectivity index (χ1) is 22.2. The van der Waals surface area contributed by atoms with Gasteiger partial charge in [0.05, 0.1) is 6.10 Å². The van der Waals surface area contributed by atoms with Gasteiger partial charge in [0.2, 0.25) is 0 Å². The van der Waals surface area contributed by atoms with E-state index in [1.807, 2.05) is 0 Å². The molecule has 0 heterocycles. The lowest BCUT2D eigenvalue weighted by molar-refractivity contribution is -0.0922. The highest BCUT2D eigenvalue weighted by molar-refractivity contribution is 4.97. The fraction of sp³-hybridized carbons (Fsp3) is 0.814. The molecule has 0 aromatic rings.